The van der Waals surface area contributed by atoms with Crippen LogP contribution in [0.1, 0.15) is 81.4 Å². The van der Waals surface area contributed by atoms with E-state index in [1.807, 2.05) is 58.3 Å². The number of Topliss-reactive ketones (excluding diaryl/α,β-unsaturated/α-hetero) is 1. The number of ketones is 1. The zero-order valence-corrected chi connectivity index (χ0v) is 40.9. The number of carbonyl (C=O) groups excluding carboxylic acids is 1. The number of likely N-dealkylation sites (tertiary alicyclic amines) is 2. The topological polar surface area (TPSA) is 85.0 Å². The first kappa shape index (κ1) is 48.2. The number of thiazole rings is 2. The predicted molar refractivity (Wildman–Crippen MR) is 254 cm³/mol. The van der Waals surface area contributed by atoms with E-state index in [1.165, 1.54) is 23.2 Å². The van der Waals surface area contributed by atoms with Crippen molar-refractivity contribution in [1.29, 1.82) is 0 Å². The highest BCUT2D eigenvalue weighted by molar-refractivity contribution is 9.11. The van der Waals surface area contributed by atoms with E-state index in [0.29, 0.717) is 51.9 Å². The number of alkyl halides is 6. The normalized spacial score (nSPS) is 17.0. The first-order valence-electron chi connectivity index (χ1n) is 21.4. The van der Waals surface area contributed by atoms with Gasteiger partial charge in [-0.1, -0.05) is 73.8 Å². The van der Waals surface area contributed by atoms with Gasteiger partial charge in [0.15, 0.2) is 17.2 Å². The van der Waals surface area contributed by atoms with Crippen LogP contribution in [0.4, 0.5) is 26.3 Å². The third-order valence-electron chi connectivity index (χ3n) is 12.6. The standard InChI is InChI=1S/C47H46Br2F6N8OS2/c1-5-29-11-7-9-13-33(29)39-42(48)65-44(56-39)31-15-19-60(20-16-31)35(25-62-27(3)23-37(58-62)46(50,51)52)41(64)36(26-63-28(4)24-38(59-63)47(53,54)55)61-21-17-32(18-22-61)45-57-40(43(49)66-45)34-14-10-8-12-30(34)6-2/h5-14,23-24,31-32,35-36H,1-2,15-22,25-26H2,3-4H3. The second-order valence-electron chi connectivity index (χ2n) is 16.7. The molecule has 2 fully saturated rings. The first-order valence-corrected chi connectivity index (χ1v) is 24.7. The third kappa shape index (κ3) is 10.3. The van der Waals surface area contributed by atoms with Crippen molar-refractivity contribution in [2.45, 2.75) is 88.9 Å². The fraction of sp³-hybridized carbons (Fsp3) is 0.383. The number of nitrogens with zero attached hydrogens (tertiary/aromatic N) is 8. The summed E-state index contributed by atoms with van der Waals surface area (Å²) in [6.45, 7) is 12.3. The molecule has 4 aromatic heterocycles. The monoisotopic (exact) mass is 1070 g/mol. The molecule has 0 bridgehead atoms. The van der Waals surface area contributed by atoms with Crippen molar-refractivity contribution >= 4 is 72.5 Å². The van der Waals surface area contributed by atoms with Crippen LogP contribution in [0.25, 0.3) is 34.7 Å². The minimum Gasteiger partial charge on any atom is -0.296 e. The van der Waals surface area contributed by atoms with Crippen LogP contribution in [0.3, 0.4) is 0 Å². The SMILES string of the molecule is C=Cc1ccccc1-c1nc(C2CCN(C(Cn3nc(C(F)(F)F)cc3C)C(=O)C(Cn3nc(C(F)(F)F)cc3C)N3CCC(c4nc(-c5ccccc5C=C)c(Br)s4)CC3)CC2)sc1Br. The van der Waals surface area contributed by atoms with Gasteiger partial charge in [-0.05, 0) is 121 Å². The van der Waals surface area contributed by atoms with Crippen LogP contribution in [0.2, 0.25) is 0 Å². The molecule has 19 heteroatoms. The Bertz CT molecular complexity index is 2540. The molecule has 2 aliphatic rings. The van der Waals surface area contributed by atoms with Crippen molar-refractivity contribution in [3.63, 3.8) is 0 Å². The van der Waals surface area contributed by atoms with E-state index in [1.54, 1.807) is 34.8 Å². The fourth-order valence-corrected chi connectivity index (χ4v) is 12.6. The molecule has 0 saturated carbocycles. The van der Waals surface area contributed by atoms with Crippen LogP contribution < -0.4 is 0 Å². The molecule has 348 valence electrons. The molecule has 0 spiro atoms. The van der Waals surface area contributed by atoms with Gasteiger partial charge >= 0.3 is 12.4 Å². The number of aryl methyl sites for hydroxylation is 2. The Hall–Kier alpha value is -4.27. The minimum absolute atomic E-state index is 0.0465. The molecule has 0 aliphatic carbocycles. The summed E-state index contributed by atoms with van der Waals surface area (Å²) in [5, 5.41) is 9.70. The minimum atomic E-state index is -4.70. The summed E-state index contributed by atoms with van der Waals surface area (Å²) < 4.78 is 88.1. The average molecular weight is 1080 g/mol. The van der Waals surface area contributed by atoms with Crippen LogP contribution in [0, 0.1) is 13.8 Å². The first-order chi connectivity index (χ1) is 31.4. The quantitative estimate of drug-likeness (QED) is 0.100. The largest absolute Gasteiger partial charge is 0.435 e. The Labute approximate surface area is 403 Å². The smallest absolute Gasteiger partial charge is 0.296 e. The van der Waals surface area contributed by atoms with Gasteiger partial charge in [0.25, 0.3) is 0 Å². The lowest BCUT2D eigenvalue weighted by atomic mass is 9.91. The molecule has 9 nitrogen and oxygen atoms in total. The molecule has 2 unspecified atom stereocenters. The van der Waals surface area contributed by atoms with E-state index < -0.39 is 35.8 Å². The molecule has 0 N–H and O–H groups in total. The molecular formula is C47H46Br2F6N8OS2. The molecule has 8 rings (SSSR count). The van der Waals surface area contributed by atoms with Crippen LogP contribution >= 0.6 is 54.5 Å². The highest BCUT2D eigenvalue weighted by Gasteiger charge is 2.42. The molecule has 66 heavy (non-hydrogen) atoms. The number of halogens is 8. The molecule has 0 amide bonds. The van der Waals surface area contributed by atoms with Crippen molar-refractivity contribution in [2.75, 3.05) is 26.2 Å². The molecule has 6 heterocycles. The van der Waals surface area contributed by atoms with Crippen molar-refractivity contribution in [3.05, 3.63) is 125 Å². The van der Waals surface area contributed by atoms with Crippen LogP contribution in [0.15, 0.2) is 81.4 Å². The molecule has 2 aliphatic heterocycles. The number of aromatic nitrogens is 6. The maximum atomic E-state index is 15.5. The van der Waals surface area contributed by atoms with E-state index in [4.69, 9.17) is 9.97 Å². The van der Waals surface area contributed by atoms with Gasteiger partial charge in [-0.15, -0.1) is 22.7 Å². The molecule has 6 aromatic rings. The van der Waals surface area contributed by atoms with Gasteiger partial charge < -0.3 is 0 Å². The molecule has 2 saturated heterocycles. The maximum absolute atomic E-state index is 15.5. The highest BCUT2D eigenvalue weighted by atomic mass is 79.9. The van der Waals surface area contributed by atoms with Gasteiger partial charge in [-0.2, -0.15) is 36.5 Å². The lowest BCUT2D eigenvalue weighted by Crippen LogP contribution is -2.57. The summed E-state index contributed by atoms with van der Waals surface area (Å²) in [7, 11) is 0. The van der Waals surface area contributed by atoms with E-state index in [-0.39, 0.29) is 42.1 Å². The number of carbonyl (C=O) groups is 1. The van der Waals surface area contributed by atoms with Gasteiger partial charge in [0.2, 0.25) is 0 Å². The number of hydrogen-bond donors (Lipinski definition) is 0. The zero-order chi connectivity index (χ0) is 47.1. The van der Waals surface area contributed by atoms with Crippen molar-refractivity contribution in [2.24, 2.45) is 0 Å². The van der Waals surface area contributed by atoms with E-state index >= 15 is 4.79 Å². The van der Waals surface area contributed by atoms with Gasteiger partial charge in [0.05, 0.1) is 54.1 Å². The molecule has 0 radical (unpaired) electrons. The Balaban J connectivity index is 1.09. The number of rotatable bonds is 14. The summed E-state index contributed by atoms with van der Waals surface area (Å²) >= 11 is 10.6. The van der Waals surface area contributed by atoms with Gasteiger partial charge in [-0.3, -0.25) is 24.0 Å². The zero-order valence-electron chi connectivity index (χ0n) is 36.0. The van der Waals surface area contributed by atoms with Crippen LogP contribution in [-0.4, -0.2) is 83.4 Å². The Morgan fingerprint density at radius 1 is 0.682 bits per heavy atom. The summed E-state index contributed by atoms with van der Waals surface area (Å²) in [5.41, 5.74) is 3.74. The van der Waals surface area contributed by atoms with Crippen molar-refractivity contribution in [1.82, 2.24) is 39.3 Å². The lowest BCUT2D eigenvalue weighted by Gasteiger charge is -2.41. The van der Waals surface area contributed by atoms with E-state index in [9.17, 15) is 26.3 Å². The number of hydrogen-bond acceptors (Lipinski definition) is 9. The Kier molecular flexibility index (Phi) is 14.4. The van der Waals surface area contributed by atoms with Crippen molar-refractivity contribution < 1.29 is 31.1 Å². The van der Waals surface area contributed by atoms with Gasteiger partial charge in [-0.25, -0.2) is 9.97 Å². The summed E-state index contributed by atoms with van der Waals surface area (Å²) in [5.74, 6) is -0.227. The fourth-order valence-electron chi connectivity index (χ4n) is 9.00. The summed E-state index contributed by atoms with van der Waals surface area (Å²) in [6.07, 6.45) is -3.38. The van der Waals surface area contributed by atoms with Crippen LogP contribution in [-0.2, 0) is 30.2 Å². The molecule has 2 aromatic carbocycles. The Morgan fingerprint density at radius 2 is 1.05 bits per heavy atom. The van der Waals surface area contributed by atoms with Gasteiger partial charge in [0, 0.05) is 34.4 Å². The third-order valence-corrected chi connectivity index (χ3v) is 16.3. The summed E-state index contributed by atoms with van der Waals surface area (Å²) in [6, 6.07) is 15.7. The predicted octanol–water partition coefficient (Wildman–Crippen LogP) is 12.6. The molecule has 2 atom stereocenters. The van der Waals surface area contributed by atoms with Gasteiger partial charge in [0.1, 0.15) is 0 Å². The average Bonchev–Trinajstić information content (AvgIpc) is 4.09. The second-order valence-corrected chi connectivity index (χ2v) is 21.4. The summed E-state index contributed by atoms with van der Waals surface area (Å²) in [4.78, 5) is 29.6. The maximum Gasteiger partial charge on any atom is 0.435 e. The number of piperidine rings is 2. The Morgan fingerprint density at radius 3 is 1.38 bits per heavy atom. The van der Waals surface area contributed by atoms with Crippen LogP contribution in [0.5, 0.6) is 0 Å². The number of benzene rings is 2. The lowest BCUT2D eigenvalue weighted by molar-refractivity contribution is -0.142. The molecular weight excluding hydrogens is 1030 g/mol. The van der Waals surface area contributed by atoms with E-state index in [2.05, 4.69) is 55.2 Å². The van der Waals surface area contributed by atoms with E-state index in [0.717, 1.165) is 63.4 Å². The highest BCUT2D eigenvalue weighted by Crippen LogP contribution is 2.43. The second kappa shape index (κ2) is 19.8. The van der Waals surface area contributed by atoms with Crippen molar-refractivity contribution in [3.8, 4) is 22.5 Å².